The number of carbonyl (C=O) groups excluding carboxylic acids is 1. The van der Waals surface area contributed by atoms with Gasteiger partial charge in [-0.2, -0.15) is 5.06 Å². The fraction of sp³-hybridized carbons (Fsp3) is 0.250. The second-order valence-electron chi connectivity index (χ2n) is 6.28. The van der Waals surface area contributed by atoms with Crippen molar-refractivity contribution in [1.29, 1.82) is 0 Å². The van der Waals surface area contributed by atoms with Crippen LogP contribution in [-0.2, 0) is 14.4 Å². The van der Waals surface area contributed by atoms with Crippen molar-refractivity contribution in [2.45, 2.75) is 18.4 Å². The van der Waals surface area contributed by atoms with Crippen LogP contribution < -0.4 is 0 Å². The maximum atomic E-state index is 11.5. The molecular formula is C20H17NO4. The number of hydrogen-bond acceptors (Lipinski definition) is 4. The first-order chi connectivity index (χ1) is 12.2. The Labute approximate surface area is 145 Å². The van der Waals surface area contributed by atoms with Crippen molar-refractivity contribution in [3.05, 3.63) is 65.2 Å². The zero-order chi connectivity index (χ0) is 17.4. The molecule has 5 heteroatoms. The molecule has 1 saturated heterocycles. The van der Waals surface area contributed by atoms with Gasteiger partial charge in [0, 0.05) is 18.0 Å². The molecule has 0 bridgehead atoms. The Morgan fingerprint density at radius 1 is 1.12 bits per heavy atom. The second kappa shape index (κ2) is 6.30. The molecule has 126 valence electrons. The van der Waals surface area contributed by atoms with Gasteiger partial charge >= 0.3 is 5.97 Å². The molecule has 1 atom stereocenters. The average molecular weight is 335 g/mol. The zero-order valence-corrected chi connectivity index (χ0v) is 13.5. The van der Waals surface area contributed by atoms with Gasteiger partial charge in [-0.1, -0.05) is 48.5 Å². The molecule has 1 fully saturated rings. The smallest absolute Gasteiger partial charge is 0.328 e. The topological polar surface area (TPSA) is 66.8 Å². The predicted octanol–water partition coefficient (Wildman–Crippen LogP) is 2.65. The van der Waals surface area contributed by atoms with Gasteiger partial charge in [-0.15, -0.1) is 0 Å². The van der Waals surface area contributed by atoms with Crippen molar-refractivity contribution < 1.29 is 19.5 Å². The Bertz CT molecular complexity index is 839. The largest absolute Gasteiger partial charge is 0.480 e. The number of benzene rings is 2. The highest BCUT2D eigenvalue weighted by atomic mass is 16.7. The predicted molar refractivity (Wildman–Crippen MR) is 91.6 cm³/mol. The molecule has 4 rings (SSSR count). The third kappa shape index (κ3) is 2.59. The van der Waals surface area contributed by atoms with Crippen LogP contribution in [0.3, 0.4) is 0 Å². The summed E-state index contributed by atoms with van der Waals surface area (Å²) in [4.78, 5) is 28.3. The Kier molecular flexibility index (Phi) is 3.98. The molecule has 2 aliphatic rings. The molecule has 2 aromatic carbocycles. The summed E-state index contributed by atoms with van der Waals surface area (Å²) in [5.41, 5.74) is 4.98. The van der Waals surface area contributed by atoms with E-state index in [0.717, 1.165) is 0 Å². The van der Waals surface area contributed by atoms with Crippen molar-refractivity contribution in [2.75, 3.05) is 13.2 Å². The van der Waals surface area contributed by atoms with Crippen LogP contribution in [0, 0.1) is 0 Å². The maximum Gasteiger partial charge on any atom is 0.328 e. The van der Waals surface area contributed by atoms with E-state index in [0.29, 0.717) is 19.6 Å². The van der Waals surface area contributed by atoms with Gasteiger partial charge in [0.2, 0.25) is 0 Å². The van der Waals surface area contributed by atoms with Crippen molar-refractivity contribution >= 4 is 11.9 Å². The molecular weight excluding hydrogens is 318 g/mol. The van der Waals surface area contributed by atoms with Gasteiger partial charge in [0.05, 0.1) is 6.61 Å². The minimum Gasteiger partial charge on any atom is -0.480 e. The first-order valence-corrected chi connectivity index (χ1v) is 8.25. The second-order valence-corrected chi connectivity index (χ2v) is 6.28. The Hall–Kier alpha value is -2.72. The van der Waals surface area contributed by atoms with Crippen LogP contribution in [0.1, 0.15) is 23.5 Å². The van der Waals surface area contributed by atoms with E-state index in [4.69, 9.17) is 4.84 Å². The van der Waals surface area contributed by atoms with Crippen LogP contribution in [0.15, 0.2) is 54.1 Å². The molecule has 2 aromatic rings. The Morgan fingerprint density at radius 3 is 2.28 bits per heavy atom. The summed E-state index contributed by atoms with van der Waals surface area (Å²) < 4.78 is 0. The van der Waals surface area contributed by atoms with Gasteiger partial charge in [-0.05, 0) is 28.7 Å². The van der Waals surface area contributed by atoms with Crippen molar-refractivity contribution in [2.24, 2.45) is 0 Å². The molecule has 5 nitrogen and oxygen atoms in total. The highest BCUT2D eigenvalue weighted by molar-refractivity contribution is 5.82. The van der Waals surface area contributed by atoms with Gasteiger partial charge < -0.3 is 5.11 Å². The lowest BCUT2D eigenvalue weighted by Gasteiger charge is -2.23. The molecule has 1 heterocycles. The molecule has 0 saturated carbocycles. The van der Waals surface area contributed by atoms with E-state index in [2.05, 4.69) is 24.3 Å². The molecule has 0 spiro atoms. The minimum absolute atomic E-state index is 0.0473. The van der Waals surface area contributed by atoms with Gasteiger partial charge in [0.25, 0.3) is 0 Å². The van der Waals surface area contributed by atoms with E-state index in [-0.39, 0.29) is 11.5 Å². The third-order valence-corrected chi connectivity index (χ3v) is 4.95. The van der Waals surface area contributed by atoms with Crippen molar-refractivity contribution in [3.8, 4) is 11.1 Å². The summed E-state index contributed by atoms with van der Waals surface area (Å²) in [6, 6.07) is 15.3. The van der Waals surface area contributed by atoms with E-state index in [1.807, 2.05) is 24.3 Å². The quantitative estimate of drug-likeness (QED) is 0.870. The number of carboxylic acids is 1. The number of hydroxylamine groups is 2. The van der Waals surface area contributed by atoms with E-state index in [1.54, 1.807) is 5.94 Å². The minimum atomic E-state index is -1.08. The van der Waals surface area contributed by atoms with Crippen LogP contribution in [0.2, 0.25) is 0 Å². The molecule has 0 unspecified atom stereocenters. The highest BCUT2D eigenvalue weighted by Gasteiger charge is 2.38. The summed E-state index contributed by atoms with van der Waals surface area (Å²) in [5, 5.41) is 10.8. The SMILES string of the molecule is O=C=C1CCN(OCC2c3ccccc3-c3ccccc32)[C@@H]1C(=O)O. The molecule has 0 aromatic heterocycles. The van der Waals surface area contributed by atoms with E-state index in [9.17, 15) is 14.7 Å². The number of rotatable bonds is 4. The summed E-state index contributed by atoms with van der Waals surface area (Å²) >= 11 is 0. The lowest BCUT2D eigenvalue weighted by atomic mass is 9.98. The number of carboxylic acid groups (broad SMARTS) is 1. The van der Waals surface area contributed by atoms with Gasteiger partial charge in [-0.3, -0.25) is 9.63 Å². The lowest BCUT2D eigenvalue weighted by molar-refractivity contribution is -0.183. The van der Waals surface area contributed by atoms with Crippen LogP contribution >= 0.6 is 0 Å². The number of hydrogen-bond donors (Lipinski definition) is 1. The molecule has 1 aliphatic carbocycles. The van der Waals surface area contributed by atoms with Crippen molar-refractivity contribution in [1.82, 2.24) is 5.06 Å². The normalized spacial score (nSPS) is 19.5. The van der Waals surface area contributed by atoms with Crippen LogP contribution in [0.25, 0.3) is 11.1 Å². The molecule has 1 N–H and O–H groups in total. The highest BCUT2D eigenvalue weighted by Crippen LogP contribution is 2.44. The van der Waals surface area contributed by atoms with Crippen LogP contribution in [0.4, 0.5) is 0 Å². The average Bonchev–Trinajstić information content (AvgIpc) is 3.19. The summed E-state index contributed by atoms with van der Waals surface area (Å²) in [6.07, 6.45) is 0.373. The summed E-state index contributed by atoms with van der Waals surface area (Å²) in [5.74, 6) is 0.716. The molecule has 0 amide bonds. The Balaban J connectivity index is 1.60. The van der Waals surface area contributed by atoms with E-state index in [1.165, 1.54) is 27.3 Å². The molecule has 1 aliphatic heterocycles. The van der Waals surface area contributed by atoms with E-state index < -0.39 is 12.0 Å². The first-order valence-electron chi connectivity index (χ1n) is 8.25. The van der Waals surface area contributed by atoms with E-state index >= 15 is 0 Å². The van der Waals surface area contributed by atoms with Gasteiger partial charge in [0.1, 0.15) is 5.94 Å². The third-order valence-electron chi connectivity index (χ3n) is 4.95. The van der Waals surface area contributed by atoms with Crippen LogP contribution in [0.5, 0.6) is 0 Å². The monoisotopic (exact) mass is 335 g/mol. The fourth-order valence-corrected chi connectivity index (χ4v) is 3.80. The number of carbonyl (C=O) groups is 1. The summed E-state index contributed by atoms with van der Waals surface area (Å²) in [7, 11) is 0. The number of fused-ring (bicyclic) bond motifs is 3. The maximum absolute atomic E-state index is 11.5. The number of nitrogens with zero attached hydrogens (tertiary/aromatic N) is 1. The van der Waals surface area contributed by atoms with Crippen molar-refractivity contribution in [3.63, 3.8) is 0 Å². The Morgan fingerprint density at radius 2 is 1.72 bits per heavy atom. The standard InChI is InChI=1S/C20H17NO4/c22-11-13-9-10-21(19(13)20(23)24)25-12-18-16-7-3-1-5-14(16)15-6-2-4-8-17(15)18/h1-8,18-19H,9-10,12H2,(H,23,24)/t19-/m0/s1. The molecule has 25 heavy (non-hydrogen) atoms. The first kappa shape index (κ1) is 15.8. The zero-order valence-electron chi connectivity index (χ0n) is 13.5. The fourth-order valence-electron chi connectivity index (χ4n) is 3.80. The number of aliphatic carboxylic acids is 1. The molecule has 0 radical (unpaired) electrons. The lowest BCUT2D eigenvalue weighted by Crippen LogP contribution is -2.37. The van der Waals surface area contributed by atoms with Gasteiger partial charge in [-0.25, -0.2) is 4.79 Å². The van der Waals surface area contributed by atoms with Gasteiger partial charge in [0.15, 0.2) is 6.04 Å². The van der Waals surface area contributed by atoms with Crippen LogP contribution in [-0.4, -0.2) is 41.3 Å². The summed E-state index contributed by atoms with van der Waals surface area (Å²) in [6.45, 7) is 0.724.